The van der Waals surface area contributed by atoms with Crippen molar-refractivity contribution in [1.82, 2.24) is 9.97 Å². The van der Waals surface area contributed by atoms with Crippen LogP contribution in [0.3, 0.4) is 0 Å². The van der Waals surface area contributed by atoms with Crippen LogP contribution in [0.4, 0.5) is 14.7 Å². The molecule has 20 heavy (non-hydrogen) atoms. The fraction of sp³-hybridized carbons (Fsp3) is 0.286. The number of rotatable bonds is 4. The number of hydrogen-bond donors (Lipinski definition) is 0. The van der Waals surface area contributed by atoms with Crippen molar-refractivity contribution in [3.05, 3.63) is 47.7 Å². The highest BCUT2D eigenvalue weighted by Crippen LogP contribution is 2.24. The number of methoxy groups -OCH3 is 1. The van der Waals surface area contributed by atoms with Crippen molar-refractivity contribution < 1.29 is 13.5 Å². The Labute approximate surface area is 116 Å². The zero-order valence-electron chi connectivity index (χ0n) is 11.5. The molecule has 2 aromatic rings. The molecule has 0 aliphatic carbocycles. The molecule has 2 rings (SSSR count). The highest BCUT2D eigenvalue weighted by Gasteiger charge is 2.16. The highest BCUT2D eigenvalue weighted by atomic mass is 19.2. The van der Waals surface area contributed by atoms with Crippen molar-refractivity contribution in [2.45, 2.75) is 13.0 Å². The molecule has 4 nitrogen and oxygen atoms in total. The van der Waals surface area contributed by atoms with Gasteiger partial charge >= 0.3 is 0 Å². The van der Waals surface area contributed by atoms with Gasteiger partial charge in [-0.3, -0.25) is 0 Å². The van der Waals surface area contributed by atoms with Gasteiger partial charge in [0.1, 0.15) is 0 Å². The average Bonchev–Trinajstić information content (AvgIpc) is 2.48. The quantitative estimate of drug-likeness (QED) is 0.862. The van der Waals surface area contributed by atoms with E-state index in [2.05, 4.69) is 9.97 Å². The highest BCUT2D eigenvalue weighted by molar-refractivity contribution is 5.36. The maximum absolute atomic E-state index is 13.3. The molecule has 0 aliphatic heterocycles. The van der Waals surface area contributed by atoms with Gasteiger partial charge in [0.05, 0.1) is 13.2 Å². The molecule has 0 amide bonds. The summed E-state index contributed by atoms with van der Waals surface area (Å²) in [5.74, 6) is -0.837. The lowest BCUT2D eigenvalue weighted by Crippen LogP contribution is -2.24. The minimum atomic E-state index is -0.866. The van der Waals surface area contributed by atoms with Crippen molar-refractivity contribution >= 4 is 5.95 Å². The van der Waals surface area contributed by atoms with Crippen LogP contribution in [0.2, 0.25) is 0 Å². The van der Waals surface area contributed by atoms with E-state index in [9.17, 15) is 8.78 Å². The maximum atomic E-state index is 13.3. The zero-order chi connectivity index (χ0) is 14.7. The Balaban J connectivity index is 2.26. The Kier molecular flexibility index (Phi) is 4.12. The third kappa shape index (κ3) is 2.84. The standard InChI is InChI=1S/C14H15F2N3O/c1-9(10-4-5-11(15)12(16)8-10)19(2)14-17-7-6-13(18-14)20-3/h4-9H,1-3H3. The molecular weight excluding hydrogens is 264 g/mol. The average molecular weight is 279 g/mol. The second-order valence-corrected chi connectivity index (χ2v) is 4.36. The van der Waals surface area contributed by atoms with E-state index in [1.165, 1.54) is 13.2 Å². The normalized spacial score (nSPS) is 12.1. The van der Waals surface area contributed by atoms with Crippen LogP contribution in [-0.2, 0) is 0 Å². The number of ether oxygens (including phenoxy) is 1. The molecule has 0 saturated heterocycles. The molecule has 1 unspecified atom stereocenters. The third-order valence-electron chi connectivity index (χ3n) is 3.15. The van der Waals surface area contributed by atoms with Crippen LogP contribution in [0.15, 0.2) is 30.5 Å². The first-order valence-electron chi connectivity index (χ1n) is 6.07. The Hall–Kier alpha value is -2.24. The largest absolute Gasteiger partial charge is 0.481 e. The van der Waals surface area contributed by atoms with Crippen molar-refractivity contribution in [2.24, 2.45) is 0 Å². The molecule has 0 radical (unpaired) electrons. The van der Waals surface area contributed by atoms with E-state index in [0.717, 1.165) is 6.07 Å². The Bertz CT molecular complexity index is 607. The lowest BCUT2D eigenvalue weighted by atomic mass is 10.1. The van der Waals surface area contributed by atoms with Crippen LogP contribution in [0.5, 0.6) is 5.88 Å². The van der Waals surface area contributed by atoms with Gasteiger partial charge in [-0.25, -0.2) is 13.8 Å². The van der Waals surface area contributed by atoms with Crippen LogP contribution in [-0.4, -0.2) is 24.1 Å². The number of nitrogens with zero attached hydrogens (tertiary/aromatic N) is 3. The summed E-state index contributed by atoms with van der Waals surface area (Å²) in [5.41, 5.74) is 0.637. The molecule has 0 spiro atoms. The molecule has 0 aliphatic rings. The van der Waals surface area contributed by atoms with Gasteiger partial charge in [0.25, 0.3) is 0 Å². The predicted molar refractivity (Wildman–Crippen MR) is 71.8 cm³/mol. The monoisotopic (exact) mass is 279 g/mol. The Morgan fingerprint density at radius 2 is 1.95 bits per heavy atom. The number of halogens is 2. The van der Waals surface area contributed by atoms with Crippen molar-refractivity contribution in [1.29, 1.82) is 0 Å². The maximum Gasteiger partial charge on any atom is 0.228 e. The third-order valence-corrected chi connectivity index (χ3v) is 3.15. The molecule has 106 valence electrons. The minimum absolute atomic E-state index is 0.211. The number of hydrogen-bond acceptors (Lipinski definition) is 4. The molecule has 0 bridgehead atoms. The van der Waals surface area contributed by atoms with E-state index in [1.54, 1.807) is 30.3 Å². The topological polar surface area (TPSA) is 38.2 Å². The van der Waals surface area contributed by atoms with E-state index in [0.29, 0.717) is 17.4 Å². The van der Waals surface area contributed by atoms with Gasteiger partial charge in [-0.1, -0.05) is 6.07 Å². The van der Waals surface area contributed by atoms with Gasteiger partial charge in [-0.05, 0) is 24.6 Å². The van der Waals surface area contributed by atoms with Gasteiger partial charge in [0, 0.05) is 19.3 Å². The minimum Gasteiger partial charge on any atom is -0.481 e. The molecule has 1 atom stereocenters. The summed E-state index contributed by atoms with van der Waals surface area (Å²) in [5, 5.41) is 0. The fourth-order valence-corrected chi connectivity index (χ4v) is 1.79. The molecule has 1 aromatic carbocycles. The number of anilines is 1. The van der Waals surface area contributed by atoms with Gasteiger partial charge in [0.15, 0.2) is 11.6 Å². The second kappa shape index (κ2) is 5.81. The first-order chi connectivity index (χ1) is 9.52. The van der Waals surface area contributed by atoms with Gasteiger partial charge in [0.2, 0.25) is 11.8 Å². The van der Waals surface area contributed by atoms with Crippen molar-refractivity contribution in [3.8, 4) is 5.88 Å². The summed E-state index contributed by atoms with van der Waals surface area (Å²) in [6.45, 7) is 1.86. The molecule has 0 fully saturated rings. The van der Waals surface area contributed by atoms with Gasteiger partial charge in [-0.2, -0.15) is 4.98 Å². The first-order valence-corrected chi connectivity index (χ1v) is 6.07. The van der Waals surface area contributed by atoms with Gasteiger partial charge < -0.3 is 9.64 Å². The molecule has 1 heterocycles. The van der Waals surface area contributed by atoms with Crippen molar-refractivity contribution in [3.63, 3.8) is 0 Å². The molecular formula is C14H15F2N3O. The summed E-state index contributed by atoms with van der Waals surface area (Å²) in [4.78, 5) is 10.1. The Morgan fingerprint density at radius 1 is 1.20 bits per heavy atom. The van der Waals surface area contributed by atoms with Crippen LogP contribution in [0.1, 0.15) is 18.5 Å². The first kappa shape index (κ1) is 14.2. The summed E-state index contributed by atoms with van der Waals surface area (Å²) >= 11 is 0. The van der Waals surface area contributed by atoms with E-state index in [4.69, 9.17) is 4.74 Å². The smallest absolute Gasteiger partial charge is 0.228 e. The predicted octanol–water partition coefficient (Wildman–Crippen LogP) is 2.96. The molecule has 0 N–H and O–H groups in total. The van der Waals surface area contributed by atoms with Crippen LogP contribution < -0.4 is 9.64 Å². The summed E-state index contributed by atoms with van der Waals surface area (Å²) in [6.07, 6.45) is 1.58. The summed E-state index contributed by atoms with van der Waals surface area (Å²) in [7, 11) is 3.30. The lowest BCUT2D eigenvalue weighted by Gasteiger charge is -2.25. The lowest BCUT2D eigenvalue weighted by molar-refractivity contribution is 0.396. The zero-order valence-corrected chi connectivity index (χ0v) is 11.5. The molecule has 6 heteroatoms. The molecule has 0 saturated carbocycles. The molecule has 1 aromatic heterocycles. The SMILES string of the molecule is COc1ccnc(N(C)C(C)c2ccc(F)c(F)c2)n1. The van der Waals surface area contributed by atoms with Gasteiger partial charge in [-0.15, -0.1) is 0 Å². The summed E-state index contributed by atoms with van der Waals surface area (Å²) < 4.78 is 31.3. The van der Waals surface area contributed by atoms with Crippen LogP contribution in [0.25, 0.3) is 0 Å². The van der Waals surface area contributed by atoms with Crippen molar-refractivity contribution in [2.75, 3.05) is 19.1 Å². The summed E-state index contributed by atoms with van der Waals surface area (Å²) in [6, 6.07) is 5.26. The van der Waals surface area contributed by atoms with E-state index in [-0.39, 0.29) is 6.04 Å². The van der Waals surface area contributed by atoms with Crippen LogP contribution >= 0.6 is 0 Å². The fourth-order valence-electron chi connectivity index (χ4n) is 1.79. The van der Waals surface area contributed by atoms with E-state index < -0.39 is 11.6 Å². The second-order valence-electron chi connectivity index (χ2n) is 4.36. The number of benzene rings is 1. The van der Waals surface area contributed by atoms with E-state index >= 15 is 0 Å². The van der Waals surface area contributed by atoms with Crippen LogP contribution in [0, 0.1) is 11.6 Å². The van der Waals surface area contributed by atoms with E-state index in [1.807, 2.05) is 6.92 Å². The Morgan fingerprint density at radius 3 is 2.60 bits per heavy atom. The number of aromatic nitrogens is 2.